The van der Waals surface area contributed by atoms with Gasteiger partial charge >= 0.3 is 0 Å². The zero-order valence-corrected chi connectivity index (χ0v) is 18.6. The van der Waals surface area contributed by atoms with Gasteiger partial charge in [-0.1, -0.05) is 41.0 Å². The minimum atomic E-state index is -3.65. The Morgan fingerprint density at radius 1 is 1.10 bits per heavy atom. The molecule has 0 spiro atoms. The molecule has 0 saturated heterocycles. The molecule has 6 nitrogen and oxygen atoms in total. The first-order valence-electron chi connectivity index (χ1n) is 9.45. The molecule has 8 heteroatoms. The van der Waals surface area contributed by atoms with Gasteiger partial charge in [-0.25, -0.2) is 8.42 Å². The number of hydrogen-bond donors (Lipinski definition) is 1. The fraction of sp³-hybridized carbons (Fsp3) is 0.273. The molecular weight excluding hydrogens is 424 g/mol. The monoisotopic (exact) mass is 446 g/mol. The number of nitrogens with zero attached hydrogens (tertiary/aromatic N) is 1. The number of nitrogens with one attached hydrogen (secondary N) is 1. The number of sulfone groups is 1. The summed E-state index contributed by atoms with van der Waals surface area (Å²) >= 11 is 5.84. The summed E-state index contributed by atoms with van der Waals surface area (Å²) in [6.07, 6.45) is -0.125. The third-order valence-corrected chi connectivity index (χ3v) is 7.05. The number of rotatable bonds is 7. The van der Waals surface area contributed by atoms with Gasteiger partial charge in [0.25, 0.3) is 0 Å². The van der Waals surface area contributed by atoms with Crippen molar-refractivity contribution < 1.29 is 17.7 Å². The second-order valence-corrected chi connectivity index (χ2v) is 9.69. The minimum absolute atomic E-state index is 0.125. The number of amides is 1. The van der Waals surface area contributed by atoms with E-state index in [4.69, 9.17) is 16.1 Å². The lowest BCUT2D eigenvalue weighted by Crippen LogP contribution is -2.25. The van der Waals surface area contributed by atoms with E-state index in [1.54, 1.807) is 49.4 Å². The van der Waals surface area contributed by atoms with E-state index in [2.05, 4.69) is 10.5 Å². The normalized spacial score (nSPS) is 11.5. The smallest absolute Gasteiger partial charge is 0.221 e. The average Bonchev–Trinajstić information content (AvgIpc) is 3.05. The molecule has 0 fully saturated rings. The van der Waals surface area contributed by atoms with Gasteiger partial charge in [0.1, 0.15) is 0 Å². The molecule has 0 saturated carbocycles. The molecule has 0 radical (unpaired) electrons. The van der Waals surface area contributed by atoms with E-state index >= 15 is 0 Å². The highest BCUT2D eigenvalue weighted by Crippen LogP contribution is 2.29. The molecular formula is C22H23ClN2O4S. The molecule has 1 aromatic heterocycles. The van der Waals surface area contributed by atoms with E-state index in [0.717, 1.165) is 16.8 Å². The lowest BCUT2D eigenvalue weighted by Gasteiger charge is -2.10. The van der Waals surface area contributed by atoms with Gasteiger partial charge in [0, 0.05) is 29.1 Å². The second kappa shape index (κ2) is 9.02. The lowest BCUT2D eigenvalue weighted by molar-refractivity contribution is -0.120. The van der Waals surface area contributed by atoms with Crippen molar-refractivity contribution in [2.45, 2.75) is 38.6 Å². The fourth-order valence-corrected chi connectivity index (χ4v) is 4.65. The van der Waals surface area contributed by atoms with Crippen molar-refractivity contribution in [3.8, 4) is 11.3 Å². The Kier molecular flexibility index (Phi) is 6.63. The average molecular weight is 447 g/mol. The Morgan fingerprint density at radius 2 is 1.80 bits per heavy atom. The van der Waals surface area contributed by atoms with Gasteiger partial charge in [0.15, 0.2) is 15.6 Å². The van der Waals surface area contributed by atoms with Gasteiger partial charge in [0.2, 0.25) is 5.91 Å². The number of benzene rings is 2. The standard InChI is InChI=1S/C22H23ClN2O4S/c1-14-4-7-18(22-15(2)16(3)25-29-22)12-20(14)30(27,28)11-10-21(26)24-13-17-5-8-19(23)9-6-17/h4-9,12H,10-11,13H2,1-3H3,(H,24,26). The molecule has 1 heterocycles. The van der Waals surface area contributed by atoms with Crippen LogP contribution in [0.5, 0.6) is 0 Å². The van der Waals surface area contributed by atoms with Gasteiger partial charge in [-0.3, -0.25) is 4.79 Å². The number of aromatic nitrogens is 1. The zero-order chi connectivity index (χ0) is 21.9. The van der Waals surface area contributed by atoms with Crippen LogP contribution in [-0.2, 0) is 21.2 Å². The molecule has 2 aromatic carbocycles. The van der Waals surface area contributed by atoms with Crippen molar-refractivity contribution in [2.24, 2.45) is 0 Å². The van der Waals surface area contributed by atoms with Crippen molar-refractivity contribution in [1.82, 2.24) is 10.5 Å². The Morgan fingerprint density at radius 3 is 2.43 bits per heavy atom. The van der Waals surface area contributed by atoms with Crippen molar-refractivity contribution >= 4 is 27.3 Å². The summed E-state index contributed by atoms with van der Waals surface area (Å²) in [5, 5.41) is 7.28. The molecule has 0 aliphatic carbocycles. The largest absolute Gasteiger partial charge is 0.356 e. The maximum atomic E-state index is 12.9. The maximum Gasteiger partial charge on any atom is 0.221 e. The van der Waals surface area contributed by atoms with Crippen molar-refractivity contribution in [2.75, 3.05) is 5.75 Å². The van der Waals surface area contributed by atoms with Crippen molar-refractivity contribution in [3.63, 3.8) is 0 Å². The summed E-state index contributed by atoms with van der Waals surface area (Å²) in [5.41, 5.74) is 3.77. The Bertz CT molecular complexity index is 1170. The van der Waals surface area contributed by atoms with Crippen LogP contribution in [0.1, 0.15) is 28.8 Å². The topological polar surface area (TPSA) is 89.3 Å². The van der Waals surface area contributed by atoms with Crippen LogP contribution in [0.3, 0.4) is 0 Å². The van der Waals surface area contributed by atoms with Crippen LogP contribution in [0, 0.1) is 20.8 Å². The van der Waals surface area contributed by atoms with Gasteiger partial charge in [-0.15, -0.1) is 0 Å². The minimum Gasteiger partial charge on any atom is -0.356 e. The van der Waals surface area contributed by atoms with E-state index < -0.39 is 9.84 Å². The molecule has 1 amide bonds. The first kappa shape index (κ1) is 22.1. The molecule has 0 aliphatic heterocycles. The molecule has 0 atom stereocenters. The number of aryl methyl sites for hydroxylation is 2. The van der Waals surface area contributed by atoms with E-state index in [9.17, 15) is 13.2 Å². The predicted octanol–water partition coefficient (Wildman–Crippen LogP) is 4.40. The van der Waals surface area contributed by atoms with E-state index in [1.165, 1.54) is 0 Å². The highest BCUT2D eigenvalue weighted by molar-refractivity contribution is 7.91. The van der Waals surface area contributed by atoms with Crippen molar-refractivity contribution in [1.29, 1.82) is 0 Å². The quantitative estimate of drug-likeness (QED) is 0.581. The Balaban J connectivity index is 1.69. The number of carbonyl (C=O) groups is 1. The summed E-state index contributed by atoms with van der Waals surface area (Å²) in [6, 6.07) is 12.2. The SMILES string of the molecule is Cc1ccc(-c2onc(C)c2C)cc1S(=O)(=O)CCC(=O)NCc1ccc(Cl)cc1. The van der Waals surface area contributed by atoms with Crippen LogP contribution < -0.4 is 5.32 Å². The predicted molar refractivity (Wildman–Crippen MR) is 116 cm³/mol. The van der Waals surface area contributed by atoms with Crippen LogP contribution in [0.25, 0.3) is 11.3 Å². The highest BCUT2D eigenvalue weighted by Gasteiger charge is 2.21. The van der Waals surface area contributed by atoms with Crippen LogP contribution in [0.2, 0.25) is 5.02 Å². The molecule has 0 aliphatic rings. The molecule has 1 N–H and O–H groups in total. The van der Waals surface area contributed by atoms with Gasteiger partial charge in [0.05, 0.1) is 16.3 Å². The lowest BCUT2D eigenvalue weighted by atomic mass is 10.1. The number of carbonyl (C=O) groups excluding carboxylic acids is 1. The summed E-state index contributed by atoms with van der Waals surface area (Å²) in [7, 11) is -3.65. The van der Waals surface area contributed by atoms with Crippen molar-refractivity contribution in [3.05, 3.63) is 69.9 Å². The zero-order valence-electron chi connectivity index (χ0n) is 17.0. The molecule has 30 heavy (non-hydrogen) atoms. The fourth-order valence-electron chi connectivity index (χ4n) is 2.99. The van der Waals surface area contributed by atoms with Gasteiger partial charge < -0.3 is 9.84 Å². The Labute approximate surface area is 181 Å². The molecule has 0 bridgehead atoms. The summed E-state index contributed by atoms with van der Waals surface area (Å²) in [5.74, 6) is -0.0632. The summed E-state index contributed by atoms with van der Waals surface area (Å²) in [6.45, 7) is 5.75. The second-order valence-electron chi connectivity index (χ2n) is 7.17. The molecule has 0 unspecified atom stereocenters. The van der Waals surface area contributed by atoms with E-state index in [0.29, 0.717) is 28.5 Å². The highest BCUT2D eigenvalue weighted by atomic mass is 35.5. The van der Waals surface area contributed by atoms with E-state index in [-0.39, 0.29) is 23.0 Å². The third kappa shape index (κ3) is 5.09. The first-order valence-corrected chi connectivity index (χ1v) is 11.5. The van der Waals surface area contributed by atoms with Crippen LogP contribution >= 0.6 is 11.6 Å². The molecule has 3 rings (SSSR count). The maximum absolute atomic E-state index is 12.9. The van der Waals surface area contributed by atoms with Crippen LogP contribution in [0.4, 0.5) is 0 Å². The number of halogens is 1. The third-order valence-electron chi connectivity index (χ3n) is 4.94. The van der Waals surface area contributed by atoms with E-state index in [1.807, 2.05) is 13.8 Å². The number of hydrogen-bond acceptors (Lipinski definition) is 5. The molecule has 158 valence electrons. The van der Waals surface area contributed by atoms with Gasteiger partial charge in [-0.2, -0.15) is 0 Å². The van der Waals surface area contributed by atoms with Crippen LogP contribution in [0.15, 0.2) is 51.9 Å². The summed E-state index contributed by atoms with van der Waals surface area (Å²) < 4.78 is 31.2. The van der Waals surface area contributed by atoms with Gasteiger partial charge in [-0.05, 0) is 50.1 Å². The first-order chi connectivity index (χ1) is 14.2. The Hall–Kier alpha value is -2.64. The van der Waals surface area contributed by atoms with Crippen LogP contribution in [-0.4, -0.2) is 25.2 Å². The molecule has 3 aromatic rings. The summed E-state index contributed by atoms with van der Waals surface area (Å²) in [4.78, 5) is 12.4.